The van der Waals surface area contributed by atoms with Crippen molar-refractivity contribution in [2.75, 3.05) is 13.1 Å². The zero-order chi connectivity index (χ0) is 17.1. The summed E-state index contributed by atoms with van der Waals surface area (Å²) in [6.07, 6.45) is 7.17. The Balaban J connectivity index is 1.70. The van der Waals surface area contributed by atoms with Crippen LogP contribution in [0.25, 0.3) is 0 Å². The molecule has 130 valence electrons. The second-order valence-corrected chi connectivity index (χ2v) is 6.52. The van der Waals surface area contributed by atoms with Crippen molar-refractivity contribution < 1.29 is 19.2 Å². The highest BCUT2D eigenvalue weighted by Crippen LogP contribution is 2.31. The fraction of sp³-hybridized carbons (Fsp3) is 0.647. The van der Waals surface area contributed by atoms with Crippen molar-refractivity contribution in [1.29, 1.82) is 0 Å². The summed E-state index contributed by atoms with van der Waals surface area (Å²) in [6, 6.07) is 0. The summed E-state index contributed by atoms with van der Waals surface area (Å²) in [5, 5.41) is 13.3. The van der Waals surface area contributed by atoms with Crippen LogP contribution in [0.5, 0.6) is 0 Å². The van der Waals surface area contributed by atoms with Crippen LogP contribution in [0.4, 0.5) is 0 Å². The summed E-state index contributed by atoms with van der Waals surface area (Å²) >= 11 is 0. The molecule has 1 N–H and O–H groups in total. The van der Waals surface area contributed by atoms with Gasteiger partial charge in [0, 0.05) is 19.5 Å². The molecule has 1 saturated heterocycles. The third-order valence-corrected chi connectivity index (χ3v) is 4.95. The third kappa shape index (κ3) is 3.34. The number of piperidine rings is 1. The molecule has 24 heavy (non-hydrogen) atoms. The molecule has 3 atom stereocenters. The first-order chi connectivity index (χ1) is 11.6. The Morgan fingerprint density at radius 1 is 1.33 bits per heavy atom. The summed E-state index contributed by atoms with van der Waals surface area (Å²) < 4.78 is 5.32. The topological polar surface area (TPSA) is 96.5 Å². The highest BCUT2D eigenvalue weighted by molar-refractivity contribution is 5.85. The van der Waals surface area contributed by atoms with Crippen LogP contribution < -0.4 is 0 Å². The van der Waals surface area contributed by atoms with Crippen LogP contribution in [-0.2, 0) is 16.0 Å². The molecular formula is C17H23N3O4. The molecule has 0 aromatic carbocycles. The van der Waals surface area contributed by atoms with Crippen LogP contribution in [0.1, 0.15) is 50.2 Å². The lowest BCUT2D eigenvalue weighted by Gasteiger charge is -2.35. The summed E-state index contributed by atoms with van der Waals surface area (Å²) in [5.74, 6) is -0.752. The normalized spacial score (nSPS) is 27.2. The first-order valence-electron chi connectivity index (χ1n) is 8.59. The van der Waals surface area contributed by atoms with E-state index in [4.69, 9.17) is 4.52 Å². The lowest BCUT2D eigenvalue weighted by atomic mass is 9.81. The number of hydrogen-bond donors (Lipinski definition) is 1. The molecule has 1 aliphatic carbocycles. The number of hydrogen-bond acceptors (Lipinski definition) is 5. The predicted molar refractivity (Wildman–Crippen MR) is 85.2 cm³/mol. The van der Waals surface area contributed by atoms with E-state index in [1.165, 1.54) is 0 Å². The number of likely N-dealkylation sites (tertiary alicyclic amines) is 1. The molecule has 7 nitrogen and oxygen atoms in total. The predicted octanol–water partition coefficient (Wildman–Crippen LogP) is 2.00. The molecule has 2 heterocycles. The molecule has 1 aliphatic heterocycles. The van der Waals surface area contributed by atoms with E-state index < -0.39 is 17.8 Å². The fourth-order valence-electron chi connectivity index (χ4n) is 3.55. The molecule has 1 aromatic heterocycles. The third-order valence-electron chi connectivity index (χ3n) is 4.95. The first kappa shape index (κ1) is 16.7. The maximum atomic E-state index is 12.9. The Kier molecular flexibility index (Phi) is 4.97. The van der Waals surface area contributed by atoms with Gasteiger partial charge in [-0.15, -0.1) is 0 Å². The van der Waals surface area contributed by atoms with Gasteiger partial charge in [0.05, 0.1) is 17.8 Å². The fourth-order valence-corrected chi connectivity index (χ4v) is 3.55. The molecule has 0 saturated carbocycles. The minimum Gasteiger partial charge on any atom is -0.481 e. The van der Waals surface area contributed by atoms with E-state index in [1.807, 2.05) is 19.1 Å². The number of carbonyl (C=O) groups is 2. The molecule has 3 unspecified atom stereocenters. The SMILES string of the molecule is CCc1noc(C2CCCN(C(=O)C3CC=CCC3C(=O)O)C2)n1. The van der Waals surface area contributed by atoms with E-state index in [2.05, 4.69) is 10.1 Å². The Labute approximate surface area is 140 Å². The Morgan fingerprint density at radius 2 is 2.08 bits per heavy atom. The maximum Gasteiger partial charge on any atom is 0.307 e. The Hall–Kier alpha value is -2.18. The van der Waals surface area contributed by atoms with Crippen molar-refractivity contribution in [3.8, 4) is 0 Å². The number of amides is 1. The molecule has 3 rings (SSSR count). The number of aryl methyl sites for hydroxylation is 1. The first-order valence-corrected chi connectivity index (χ1v) is 8.59. The van der Waals surface area contributed by atoms with E-state index >= 15 is 0 Å². The minimum absolute atomic E-state index is 0.0397. The number of aromatic nitrogens is 2. The smallest absolute Gasteiger partial charge is 0.307 e. The van der Waals surface area contributed by atoms with Crippen molar-refractivity contribution in [3.63, 3.8) is 0 Å². The van der Waals surface area contributed by atoms with Gasteiger partial charge >= 0.3 is 5.97 Å². The van der Waals surface area contributed by atoms with Crippen LogP contribution >= 0.6 is 0 Å². The number of carboxylic acid groups (broad SMARTS) is 1. The molecule has 2 aliphatic rings. The molecule has 7 heteroatoms. The van der Waals surface area contributed by atoms with Crippen LogP contribution in [0.3, 0.4) is 0 Å². The van der Waals surface area contributed by atoms with Gasteiger partial charge in [-0.2, -0.15) is 4.98 Å². The van der Waals surface area contributed by atoms with Gasteiger partial charge in [0.15, 0.2) is 5.82 Å². The summed E-state index contributed by atoms with van der Waals surface area (Å²) in [7, 11) is 0. The van der Waals surface area contributed by atoms with Crippen molar-refractivity contribution in [1.82, 2.24) is 15.0 Å². The molecule has 0 spiro atoms. The maximum absolute atomic E-state index is 12.9. The molecule has 1 amide bonds. The highest BCUT2D eigenvalue weighted by Gasteiger charge is 2.38. The van der Waals surface area contributed by atoms with Crippen LogP contribution in [0, 0.1) is 11.8 Å². The van der Waals surface area contributed by atoms with Gasteiger partial charge in [-0.05, 0) is 25.7 Å². The lowest BCUT2D eigenvalue weighted by molar-refractivity contribution is -0.151. The van der Waals surface area contributed by atoms with E-state index in [0.29, 0.717) is 44.1 Å². The van der Waals surface area contributed by atoms with E-state index in [-0.39, 0.29) is 11.8 Å². The van der Waals surface area contributed by atoms with Gasteiger partial charge in [-0.25, -0.2) is 0 Å². The zero-order valence-corrected chi connectivity index (χ0v) is 13.9. The Morgan fingerprint density at radius 3 is 2.75 bits per heavy atom. The van der Waals surface area contributed by atoms with Crippen molar-refractivity contribution >= 4 is 11.9 Å². The second-order valence-electron chi connectivity index (χ2n) is 6.52. The summed E-state index contributed by atoms with van der Waals surface area (Å²) in [5.41, 5.74) is 0. The largest absolute Gasteiger partial charge is 0.481 e. The van der Waals surface area contributed by atoms with Gasteiger partial charge in [0.25, 0.3) is 0 Å². The quantitative estimate of drug-likeness (QED) is 0.847. The number of carbonyl (C=O) groups excluding carboxylic acids is 1. The van der Waals surface area contributed by atoms with Crippen molar-refractivity contribution in [3.05, 3.63) is 23.9 Å². The standard InChI is InChI=1S/C17H23N3O4/c1-2-14-18-15(24-19-14)11-6-5-9-20(10-11)16(21)12-7-3-4-8-13(12)17(22)23/h3-4,11-13H,2,5-10H2,1H3,(H,22,23). The summed E-state index contributed by atoms with van der Waals surface area (Å²) in [6.45, 7) is 3.15. The molecular weight excluding hydrogens is 310 g/mol. The molecule has 0 radical (unpaired) electrons. The van der Waals surface area contributed by atoms with E-state index in [1.54, 1.807) is 4.90 Å². The average molecular weight is 333 g/mol. The van der Waals surface area contributed by atoms with E-state index in [0.717, 1.165) is 12.8 Å². The minimum atomic E-state index is -0.893. The average Bonchev–Trinajstić information content (AvgIpc) is 3.10. The van der Waals surface area contributed by atoms with Crippen LogP contribution in [0.2, 0.25) is 0 Å². The molecule has 0 bridgehead atoms. The second kappa shape index (κ2) is 7.15. The number of aliphatic carboxylic acids is 1. The van der Waals surface area contributed by atoms with Crippen LogP contribution in [0.15, 0.2) is 16.7 Å². The van der Waals surface area contributed by atoms with Gasteiger partial charge in [0.2, 0.25) is 11.8 Å². The number of allylic oxidation sites excluding steroid dienone is 2. The summed E-state index contributed by atoms with van der Waals surface area (Å²) in [4.78, 5) is 30.5. The molecule has 1 fully saturated rings. The molecule has 1 aromatic rings. The lowest BCUT2D eigenvalue weighted by Crippen LogP contribution is -2.45. The van der Waals surface area contributed by atoms with Gasteiger partial charge in [-0.1, -0.05) is 24.2 Å². The Bertz CT molecular complexity index is 640. The van der Waals surface area contributed by atoms with Gasteiger partial charge < -0.3 is 14.5 Å². The number of rotatable bonds is 4. The van der Waals surface area contributed by atoms with Crippen molar-refractivity contribution in [2.45, 2.75) is 44.9 Å². The van der Waals surface area contributed by atoms with E-state index in [9.17, 15) is 14.7 Å². The van der Waals surface area contributed by atoms with Crippen LogP contribution in [-0.4, -0.2) is 45.1 Å². The number of nitrogens with zero attached hydrogens (tertiary/aromatic N) is 3. The zero-order valence-electron chi connectivity index (χ0n) is 13.9. The van der Waals surface area contributed by atoms with Gasteiger partial charge in [0.1, 0.15) is 0 Å². The monoisotopic (exact) mass is 333 g/mol. The number of carboxylic acids is 1. The van der Waals surface area contributed by atoms with Crippen molar-refractivity contribution in [2.24, 2.45) is 11.8 Å². The van der Waals surface area contributed by atoms with Gasteiger partial charge in [-0.3, -0.25) is 9.59 Å². The highest BCUT2D eigenvalue weighted by atomic mass is 16.5.